The van der Waals surface area contributed by atoms with Gasteiger partial charge in [-0.25, -0.2) is 0 Å². The number of aliphatic hydroxyl groups excluding tert-OH is 2. The summed E-state index contributed by atoms with van der Waals surface area (Å²) in [6, 6.07) is 19.9. The van der Waals surface area contributed by atoms with Crippen molar-refractivity contribution in [3.8, 4) is 0 Å². The van der Waals surface area contributed by atoms with Crippen LogP contribution in [0, 0.1) is 5.92 Å². The van der Waals surface area contributed by atoms with Crippen molar-refractivity contribution in [1.29, 1.82) is 0 Å². The Labute approximate surface area is 265 Å². The van der Waals surface area contributed by atoms with Gasteiger partial charge >= 0.3 is 11.9 Å². The molecule has 0 radical (unpaired) electrons. The molecular weight excluding hydrogens is 584 g/mol. The molecule has 2 aliphatic rings. The first kappa shape index (κ1) is 36.6. The number of hydrogen-bond acceptors (Lipinski definition) is 11. The first-order chi connectivity index (χ1) is 21.5. The molecule has 0 aromatic heterocycles. The molecule has 0 unspecified atom stereocenters. The molecule has 11 heteroatoms. The van der Waals surface area contributed by atoms with Crippen molar-refractivity contribution in [2.75, 3.05) is 20.3 Å². The fraction of sp³-hybridized carbons (Fsp3) is 0.588. The van der Waals surface area contributed by atoms with Crippen LogP contribution in [-0.2, 0) is 56.0 Å². The molecule has 0 saturated carbocycles. The predicted octanol–water partition coefficient (Wildman–Crippen LogP) is 3.22. The SMILES string of the molecule is CC(=O)OC[C@H]1O[C@@H](C)[C@@H](C)[C@@H](O)[C@@H]1OC(C)=O.CO[C@@H]1[C@@H](OCc2ccccc2)[C@H](C)O[C@H](CO)[C@@H]1OCc1ccccc1. The zero-order chi connectivity index (χ0) is 32.9. The van der Waals surface area contributed by atoms with Crippen LogP contribution in [0.4, 0.5) is 0 Å². The van der Waals surface area contributed by atoms with Crippen LogP contribution in [-0.4, -0.2) is 97.4 Å². The number of aliphatic hydroxyl groups is 2. The van der Waals surface area contributed by atoms with E-state index in [1.807, 2.05) is 81.4 Å². The van der Waals surface area contributed by atoms with Crippen molar-refractivity contribution >= 4 is 11.9 Å². The Hall–Kier alpha value is -2.90. The Morgan fingerprint density at radius 1 is 0.733 bits per heavy atom. The maximum atomic E-state index is 11.0. The normalized spacial score (nSPS) is 31.3. The van der Waals surface area contributed by atoms with E-state index < -0.39 is 42.5 Å². The molecule has 2 saturated heterocycles. The first-order valence-corrected chi connectivity index (χ1v) is 15.3. The largest absolute Gasteiger partial charge is 0.463 e. The van der Waals surface area contributed by atoms with Crippen molar-refractivity contribution in [3.05, 3.63) is 71.8 Å². The third kappa shape index (κ3) is 10.8. The van der Waals surface area contributed by atoms with E-state index in [-0.39, 0.29) is 43.5 Å². The Kier molecular flexibility index (Phi) is 14.9. The van der Waals surface area contributed by atoms with Crippen LogP contribution in [0.2, 0.25) is 0 Å². The Balaban J connectivity index is 0.000000268. The number of carbonyl (C=O) groups excluding carboxylic acids is 2. The van der Waals surface area contributed by atoms with E-state index in [1.54, 1.807) is 7.11 Å². The second-order valence-electron chi connectivity index (χ2n) is 11.4. The van der Waals surface area contributed by atoms with Crippen LogP contribution in [0.1, 0.15) is 45.7 Å². The third-order valence-electron chi connectivity index (χ3n) is 8.01. The maximum Gasteiger partial charge on any atom is 0.303 e. The van der Waals surface area contributed by atoms with Crippen LogP contribution < -0.4 is 0 Å². The summed E-state index contributed by atoms with van der Waals surface area (Å²) in [6.07, 6.45) is -4.20. The summed E-state index contributed by atoms with van der Waals surface area (Å²) in [5.74, 6) is -1.11. The van der Waals surface area contributed by atoms with E-state index in [9.17, 15) is 19.8 Å². The summed E-state index contributed by atoms with van der Waals surface area (Å²) in [4.78, 5) is 21.8. The smallest absolute Gasteiger partial charge is 0.303 e. The second kappa shape index (κ2) is 18.3. The van der Waals surface area contributed by atoms with Gasteiger partial charge in [0.15, 0.2) is 6.10 Å². The molecule has 2 aliphatic heterocycles. The number of esters is 2. The molecule has 0 bridgehead atoms. The lowest BCUT2D eigenvalue weighted by Crippen LogP contribution is -2.60. The van der Waals surface area contributed by atoms with E-state index in [1.165, 1.54) is 13.8 Å². The average molecular weight is 633 g/mol. The van der Waals surface area contributed by atoms with Gasteiger partial charge in [-0.3, -0.25) is 9.59 Å². The molecule has 0 amide bonds. The Morgan fingerprint density at radius 2 is 1.27 bits per heavy atom. The number of hydrogen-bond donors (Lipinski definition) is 2. The van der Waals surface area contributed by atoms with E-state index in [4.69, 9.17) is 33.2 Å². The van der Waals surface area contributed by atoms with Gasteiger partial charge in [-0.1, -0.05) is 67.6 Å². The third-order valence-corrected chi connectivity index (χ3v) is 8.01. The van der Waals surface area contributed by atoms with E-state index in [0.717, 1.165) is 11.1 Å². The van der Waals surface area contributed by atoms with Crippen molar-refractivity contribution in [1.82, 2.24) is 0 Å². The molecule has 2 aromatic carbocycles. The van der Waals surface area contributed by atoms with Gasteiger partial charge in [-0.15, -0.1) is 0 Å². The summed E-state index contributed by atoms with van der Waals surface area (Å²) >= 11 is 0. The van der Waals surface area contributed by atoms with E-state index >= 15 is 0 Å². The van der Waals surface area contributed by atoms with Crippen molar-refractivity contribution in [3.63, 3.8) is 0 Å². The lowest BCUT2D eigenvalue weighted by molar-refractivity contribution is -0.258. The molecule has 4 rings (SSSR count). The van der Waals surface area contributed by atoms with Crippen LogP contribution in [0.3, 0.4) is 0 Å². The van der Waals surface area contributed by atoms with Gasteiger partial charge in [0, 0.05) is 26.9 Å². The molecule has 0 spiro atoms. The fourth-order valence-corrected chi connectivity index (χ4v) is 5.42. The summed E-state index contributed by atoms with van der Waals surface area (Å²) < 4.78 is 39.5. The highest BCUT2D eigenvalue weighted by atomic mass is 16.6. The molecule has 11 nitrogen and oxygen atoms in total. The Morgan fingerprint density at radius 3 is 1.76 bits per heavy atom. The van der Waals surface area contributed by atoms with Crippen molar-refractivity contribution in [2.24, 2.45) is 5.92 Å². The molecule has 10 atom stereocenters. The van der Waals surface area contributed by atoms with Crippen molar-refractivity contribution < 1.29 is 53.0 Å². The number of ether oxygens (including phenoxy) is 7. The highest BCUT2D eigenvalue weighted by Crippen LogP contribution is 2.30. The minimum absolute atomic E-state index is 0.0403. The topological polar surface area (TPSA) is 139 Å². The van der Waals surface area contributed by atoms with E-state index in [0.29, 0.717) is 13.2 Å². The predicted molar refractivity (Wildman–Crippen MR) is 164 cm³/mol. The standard InChI is InChI=1S/C22H28O5.C12H20O6/c1-16-20(25-14-17-9-5-3-6-10-17)22(24-2)21(19(13-23)27-16)26-15-18-11-7-4-8-12-18;1-6-7(2)17-10(5-16-8(3)13)12(11(6)15)18-9(4)14/h3-12,16,19-23H,13-15H2,1-2H3;6-7,10-12,15H,5H2,1-4H3/t16-,19+,20-,21-,22+;6-,7+,10-,11-,12-/m01/s1. The molecule has 250 valence electrons. The van der Waals surface area contributed by atoms with Crippen LogP contribution in [0.15, 0.2) is 60.7 Å². The average Bonchev–Trinajstić information content (AvgIpc) is 3.03. The zero-order valence-corrected chi connectivity index (χ0v) is 26.9. The number of carbonyl (C=O) groups is 2. The van der Waals surface area contributed by atoms with Gasteiger partial charge in [-0.05, 0) is 25.0 Å². The molecule has 2 heterocycles. The highest BCUT2D eigenvalue weighted by Gasteiger charge is 2.46. The van der Waals surface area contributed by atoms with Gasteiger partial charge in [0.05, 0.1) is 38.1 Å². The second-order valence-corrected chi connectivity index (χ2v) is 11.4. The summed E-state index contributed by atoms with van der Waals surface area (Å²) in [5, 5.41) is 19.9. The van der Waals surface area contributed by atoms with Crippen molar-refractivity contribution in [2.45, 2.75) is 103 Å². The quantitative estimate of drug-likeness (QED) is 0.353. The Bertz CT molecular complexity index is 1150. The molecule has 2 aromatic rings. The van der Waals surface area contributed by atoms with Crippen LogP contribution in [0.25, 0.3) is 0 Å². The fourth-order valence-electron chi connectivity index (χ4n) is 5.42. The van der Waals surface area contributed by atoms with Gasteiger partial charge in [0.1, 0.15) is 37.1 Å². The molecular formula is C34H48O11. The van der Waals surface area contributed by atoms with Gasteiger partial charge in [0.2, 0.25) is 0 Å². The minimum Gasteiger partial charge on any atom is -0.463 e. The molecule has 0 aliphatic carbocycles. The van der Waals surface area contributed by atoms with Crippen LogP contribution >= 0.6 is 0 Å². The van der Waals surface area contributed by atoms with Gasteiger partial charge in [0.25, 0.3) is 0 Å². The van der Waals surface area contributed by atoms with Gasteiger partial charge in [-0.2, -0.15) is 0 Å². The summed E-state index contributed by atoms with van der Waals surface area (Å²) in [6.45, 7) is 8.84. The molecule has 45 heavy (non-hydrogen) atoms. The molecule has 2 fully saturated rings. The van der Waals surface area contributed by atoms with Crippen LogP contribution in [0.5, 0.6) is 0 Å². The maximum absolute atomic E-state index is 11.0. The number of rotatable bonds is 11. The summed E-state index contributed by atoms with van der Waals surface area (Å²) in [5.41, 5.74) is 2.15. The monoisotopic (exact) mass is 632 g/mol. The number of methoxy groups -OCH3 is 1. The zero-order valence-electron chi connectivity index (χ0n) is 26.9. The lowest BCUT2D eigenvalue weighted by atomic mass is 9.89. The lowest BCUT2D eigenvalue weighted by Gasteiger charge is -2.44. The minimum atomic E-state index is -0.835. The summed E-state index contributed by atoms with van der Waals surface area (Å²) in [7, 11) is 1.65. The highest BCUT2D eigenvalue weighted by molar-refractivity contribution is 5.66. The van der Waals surface area contributed by atoms with E-state index in [2.05, 4.69) is 0 Å². The number of benzene rings is 2. The van der Waals surface area contributed by atoms with Gasteiger partial charge < -0.3 is 43.4 Å². The molecule has 2 N–H and O–H groups in total. The first-order valence-electron chi connectivity index (χ1n) is 15.3.